The molecule has 4 nitrogen and oxygen atoms in total. The molecule has 2 aromatic carbocycles. The first-order valence-corrected chi connectivity index (χ1v) is 6.60. The largest absolute Gasteiger partial charge is 0.284 e. The van der Waals surface area contributed by atoms with E-state index < -0.39 is 0 Å². The molecule has 0 aromatic heterocycles. The minimum Gasteiger partial charge on any atom is -0.284 e. The van der Waals surface area contributed by atoms with Gasteiger partial charge in [0, 0.05) is 11.4 Å². The van der Waals surface area contributed by atoms with Gasteiger partial charge in [0.05, 0.1) is 16.6 Å². The van der Waals surface area contributed by atoms with Gasteiger partial charge in [-0.1, -0.05) is 29.8 Å². The van der Waals surface area contributed by atoms with E-state index in [0.29, 0.717) is 16.6 Å². The molecule has 0 bridgehead atoms. The molecule has 1 N–H and O–H groups in total. The van der Waals surface area contributed by atoms with E-state index in [9.17, 15) is 10.0 Å². The van der Waals surface area contributed by atoms with Crippen molar-refractivity contribution in [3.8, 4) is 0 Å². The third-order valence-corrected chi connectivity index (χ3v) is 3.25. The molecule has 1 amide bonds. The van der Waals surface area contributed by atoms with Crippen LogP contribution >= 0.6 is 0 Å². The second-order valence-electron chi connectivity index (χ2n) is 4.89. The third-order valence-electron chi connectivity index (χ3n) is 3.25. The van der Waals surface area contributed by atoms with Crippen LogP contribution in [0.3, 0.4) is 0 Å². The van der Waals surface area contributed by atoms with E-state index in [1.54, 1.807) is 18.2 Å². The highest BCUT2D eigenvalue weighted by Crippen LogP contribution is 2.13. The van der Waals surface area contributed by atoms with Gasteiger partial charge >= 0.3 is 0 Å². The number of carbonyl (C=O) groups excluding carboxylic acids is 1. The van der Waals surface area contributed by atoms with Crippen LogP contribution in [0.1, 0.15) is 5.56 Å². The molecule has 104 valence electrons. The fourth-order valence-electron chi connectivity index (χ4n) is 2.17. The quantitative estimate of drug-likeness (QED) is 0.672. The standard InChI is InChI=1S/C17H14N2O2/c1-12-7-8-16-13(9-12)10-14(17(20)18-16)11-19(21)15-5-3-2-4-6-15/h2-11,21H,1H3/b14-11+. The Bertz CT molecular complexity index is 839. The second kappa shape index (κ2) is 5.34. The first kappa shape index (κ1) is 13.3. The van der Waals surface area contributed by atoms with Crippen molar-refractivity contribution in [1.29, 1.82) is 0 Å². The molecular weight excluding hydrogens is 264 g/mol. The van der Waals surface area contributed by atoms with Crippen LogP contribution in [0.5, 0.6) is 0 Å². The van der Waals surface area contributed by atoms with Crippen LogP contribution in [0, 0.1) is 6.92 Å². The first-order chi connectivity index (χ1) is 10.1. The van der Waals surface area contributed by atoms with Crippen LogP contribution in [0.25, 0.3) is 6.08 Å². The molecule has 1 aliphatic rings. The average molecular weight is 278 g/mol. The summed E-state index contributed by atoms with van der Waals surface area (Å²) in [5, 5.41) is 12.5. The summed E-state index contributed by atoms with van der Waals surface area (Å²) >= 11 is 0. The summed E-state index contributed by atoms with van der Waals surface area (Å²) in [6.45, 7) is 1.98. The lowest BCUT2D eigenvalue weighted by molar-refractivity contribution is -0.114. The van der Waals surface area contributed by atoms with E-state index >= 15 is 0 Å². The number of hydrogen-bond donors (Lipinski definition) is 1. The summed E-state index contributed by atoms with van der Waals surface area (Å²) in [6.07, 6.45) is 3.12. The fourth-order valence-corrected chi connectivity index (χ4v) is 2.17. The summed E-state index contributed by atoms with van der Waals surface area (Å²) in [7, 11) is 0. The van der Waals surface area contributed by atoms with E-state index in [-0.39, 0.29) is 5.91 Å². The number of hydroxylamine groups is 1. The zero-order valence-electron chi connectivity index (χ0n) is 11.5. The Morgan fingerprint density at radius 3 is 2.67 bits per heavy atom. The van der Waals surface area contributed by atoms with Gasteiger partial charge in [0.1, 0.15) is 0 Å². The molecule has 0 atom stereocenters. The second-order valence-corrected chi connectivity index (χ2v) is 4.89. The minimum atomic E-state index is -0.360. The van der Waals surface area contributed by atoms with Crippen molar-refractivity contribution >= 4 is 17.7 Å². The lowest BCUT2D eigenvalue weighted by Crippen LogP contribution is -2.31. The molecule has 0 aliphatic carbocycles. The Morgan fingerprint density at radius 1 is 1.14 bits per heavy atom. The van der Waals surface area contributed by atoms with Crippen LogP contribution in [-0.4, -0.2) is 11.1 Å². The number of anilines is 1. The molecule has 0 saturated heterocycles. The van der Waals surface area contributed by atoms with Gasteiger partial charge in [-0.15, -0.1) is 0 Å². The smallest absolute Gasteiger partial charge is 0.279 e. The predicted molar refractivity (Wildman–Crippen MR) is 80.2 cm³/mol. The van der Waals surface area contributed by atoms with Crippen molar-refractivity contribution in [3.63, 3.8) is 0 Å². The Labute approximate surface area is 121 Å². The molecule has 21 heavy (non-hydrogen) atoms. The number of hydrogen-bond acceptors (Lipinski definition) is 3. The Hall–Kier alpha value is -2.72. The normalized spacial score (nSPS) is 15.1. The molecule has 0 radical (unpaired) electrons. The number of amides is 1. The monoisotopic (exact) mass is 278 g/mol. The van der Waals surface area contributed by atoms with Crippen molar-refractivity contribution in [2.45, 2.75) is 6.92 Å². The van der Waals surface area contributed by atoms with E-state index in [0.717, 1.165) is 15.8 Å². The van der Waals surface area contributed by atoms with E-state index in [1.165, 1.54) is 6.20 Å². The Balaban J connectivity index is 2.03. The summed E-state index contributed by atoms with van der Waals surface area (Å²) in [5.74, 6) is -0.360. The van der Waals surface area contributed by atoms with Crippen LogP contribution < -0.4 is 15.6 Å². The highest BCUT2D eigenvalue weighted by Gasteiger charge is 2.12. The number of benzene rings is 2. The number of nitrogens with zero attached hydrogens (tertiary/aromatic N) is 2. The van der Waals surface area contributed by atoms with Crippen molar-refractivity contribution in [2.75, 3.05) is 5.06 Å². The number of rotatable bonds is 2. The first-order valence-electron chi connectivity index (χ1n) is 6.60. The minimum absolute atomic E-state index is 0.347. The average Bonchev–Trinajstić information content (AvgIpc) is 2.49. The van der Waals surface area contributed by atoms with Crippen molar-refractivity contribution in [1.82, 2.24) is 0 Å². The van der Waals surface area contributed by atoms with Crippen LogP contribution in [0.4, 0.5) is 5.69 Å². The molecule has 1 aliphatic heterocycles. The molecule has 4 heteroatoms. The van der Waals surface area contributed by atoms with Gasteiger partial charge in [-0.05, 0) is 37.3 Å². The number of fused-ring (bicyclic) bond motifs is 1. The summed E-state index contributed by atoms with van der Waals surface area (Å²) in [6, 6.07) is 14.7. The maximum Gasteiger partial charge on any atom is 0.279 e. The van der Waals surface area contributed by atoms with Gasteiger partial charge in [0.25, 0.3) is 5.91 Å². The zero-order chi connectivity index (χ0) is 14.8. The molecule has 1 heterocycles. The SMILES string of the molecule is Cc1ccc2c(c1)=C/C(=C\N(O)c1ccccc1)C(=O)N=2. The molecule has 0 unspecified atom stereocenters. The van der Waals surface area contributed by atoms with Crippen molar-refractivity contribution < 1.29 is 10.0 Å². The fraction of sp³-hybridized carbons (Fsp3) is 0.0588. The molecule has 0 spiro atoms. The topological polar surface area (TPSA) is 52.9 Å². The number of aryl methyl sites for hydroxylation is 1. The zero-order valence-corrected chi connectivity index (χ0v) is 11.5. The summed E-state index contributed by atoms with van der Waals surface area (Å²) in [5.41, 5.74) is 2.03. The van der Waals surface area contributed by atoms with Gasteiger partial charge in [0.2, 0.25) is 0 Å². The maximum atomic E-state index is 12.0. The number of carbonyl (C=O) groups is 1. The lowest BCUT2D eigenvalue weighted by atomic mass is 10.1. The summed E-state index contributed by atoms with van der Waals surface area (Å²) in [4.78, 5) is 16.0. The van der Waals surface area contributed by atoms with Crippen molar-refractivity contribution in [3.05, 3.63) is 76.4 Å². The van der Waals surface area contributed by atoms with E-state index in [1.807, 2.05) is 43.3 Å². The van der Waals surface area contributed by atoms with Gasteiger partial charge in [-0.25, -0.2) is 10.1 Å². The van der Waals surface area contributed by atoms with Gasteiger partial charge < -0.3 is 0 Å². The third kappa shape index (κ3) is 2.75. The Kier molecular flexibility index (Phi) is 3.38. The highest BCUT2D eigenvalue weighted by atomic mass is 16.5. The summed E-state index contributed by atoms with van der Waals surface area (Å²) < 4.78 is 0. The van der Waals surface area contributed by atoms with E-state index in [4.69, 9.17) is 0 Å². The Morgan fingerprint density at radius 2 is 1.90 bits per heavy atom. The molecule has 0 saturated carbocycles. The van der Waals surface area contributed by atoms with Gasteiger partial charge in [0.15, 0.2) is 0 Å². The highest BCUT2D eigenvalue weighted by molar-refractivity contribution is 6.03. The lowest BCUT2D eigenvalue weighted by Gasteiger charge is -2.13. The van der Waals surface area contributed by atoms with Crippen LogP contribution in [0.15, 0.2) is 65.3 Å². The van der Waals surface area contributed by atoms with Crippen LogP contribution in [0.2, 0.25) is 0 Å². The van der Waals surface area contributed by atoms with Crippen LogP contribution in [-0.2, 0) is 4.79 Å². The van der Waals surface area contributed by atoms with Gasteiger partial charge in [-0.3, -0.25) is 10.0 Å². The van der Waals surface area contributed by atoms with Crippen molar-refractivity contribution in [2.24, 2.45) is 4.99 Å². The van der Waals surface area contributed by atoms with Gasteiger partial charge in [-0.2, -0.15) is 0 Å². The molecule has 0 fully saturated rings. The van der Waals surface area contributed by atoms with E-state index in [2.05, 4.69) is 4.99 Å². The predicted octanol–water partition coefficient (Wildman–Crippen LogP) is 1.72. The molecular formula is C17H14N2O2. The number of para-hydroxylation sites is 1. The molecule has 3 rings (SSSR count). The molecule has 2 aromatic rings. The maximum absolute atomic E-state index is 12.0.